The van der Waals surface area contributed by atoms with Crippen LogP contribution in [0.25, 0.3) is 0 Å². The van der Waals surface area contributed by atoms with E-state index in [0.717, 1.165) is 13.0 Å². The highest BCUT2D eigenvalue weighted by molar-refractivity contribution is 5.24. The Hall–Kier alpha value is -1.56. The molecule has 1 aromatic heterocycles. The average Bonchev–Trinajstić information content (AvgIpc) is 2.66. The van der Waals surface area contributed by atoms with Crippen molar-refractivity contribution in [2.24, 2.45) is 5.92 Å². The molecule has 1 aliphatic heterocycles. The standard InChI is InChI=1S/C9H14N4O2/c10-8-2-4-13(9(15)11-8)12-3-1-7(5-12)6-14/h2,4,7,14H,1,3,5-6H2,(H2,10,11,15). The molecule has 0 bridgehead atoms. The van der Waals surface area contributed by atoms with Crippen molar-refractivity contribution >= 4 is 5.82 Å². The minimum Gasteiger partial charge on any atom is -0.396 e. The van der Waals surface area contributed by atoms with Gasteiger partial charge in [0, 0.05) is 31.8 Å². The first-order chi connectivity index (χ1) is 7.20. The summed E-state index contributed by atoms with van der Waals surface area (Å²) in [6.45, 7) is 1.60. The van der Waals surface area contributed by atoms with Gasteiger partial charge in [0.1, 0.15) is 5.82 Å². The molecule has 2 rings (SSSR count). The Kier molecular flexibility index (Phi) is 2.59. The van der Waals surface area contributed by atoms with Gasteiger partial charge < -0.3 is 15.8 Å². The topological polar surface area (TPSA) is 84.4 Å². The van der Waals surface area contributed by atoms with Gasteiger partial charge in [0.05, 0.1) is 0 Å². The molecule has 0 radical (unpaired) electrons. The minimum absolute atomic E-state index is 0.160. The van der Waals surface area contributed by atoms with Crippen molar-refractivity contribution < 1.29 is 5.11 Å². The van der Waals surface area contributed by atoms with Crippen molar-refractivity contribution in [2.75, 3.05) is 30.4 Å². The number of nitrogens with two attached hydrogens (primary N) is 1. The fourth-order valence-electron chi connectivity index (χ4n) is 1.78. The Balaban J connectivity index is 2.20. The van der Waals surface area contributed by atoms with Crippen molar-refractivity contribution in [2.45, 2.75) is 6.42 Å². The van der Waals surface area contributed by atoms with Gasteiger partial charge in [-0.25, -0.2) is 9.47 Å². The summed E-state index contributed by atoms with van der Waals surface area (Å²) in [5.74, 6) is 0.476. The van der Waals surface area contributed by atoms with Crippen LogP contribution >= 0.6 is 0 Å². The molecule has 6 nitrogen and oxygen atoms in total. The highest BCUT2D eigenvalue weighted by atomic mass is 16.3. The molecule has 0 aromatic carbocycles. The number of anilines is 1. The summed E-state index contributed by atoms with van der Waals surface area (Å²) in [5.41, 5.74) is 5.03. The Morgan fingerprint density at radius 2 is 2.47 bits per heavy atom. The summed E-state index contributed by atoms with van der Waals surface area (Å²) in [7, 11) is 0. The summed E-state index contributed by atoms with van der Waals surface area (Å²) >= 11 is 0. The third-order valence-electron chi connectivity index (χ3n) is 2.63. The largest absolute Gasteiger partial charge is 0.396 e. The molecule has 3 N–H and O–H groups in total. The normalized spacial score (nSPS) is 20.9. The van der Waals surface area contributed by atoms with Crippen LogP contribution in [-0.2, 0) is 0 Å². The molecule has 1 aliphatic rings. The van der Waals surface area contributed by atoms with E-state index in [1.807, 2.05) is 5.01 Å². The molecule has 1 saturated heterocycles. The van der Waals surface area contributed by atoms with Crippen LogP contribution < -0.4 is 16.4 Å². The van der Waals surface area contributed by atoms with Gasteiger partial charge in [-0.15, -0.1) is 0 Å². The Morgan fingerprint density at radius 1 is 1.67 bits per heavy atom. The van der Waals surface area contributed by atoms with Gasteiger partial charge in [-0.2, -0.15) is 4.98 Å². The molecule has 0 saturated carbocycles. The minimum atomic E-state index is -0.367. The van der Waals surface area contributed by atoms with Crippen LogP contribution in [0.4, 0.5) is 5.82 Å². The van der Waals surface area contributed by atoms with Crippen LogP contribution in [-0.4, -0.2) is 34.5 Å². The summed E-state index contributed by atoms with van der Waals surface area (Å²) in [6, 6.07) is 1.59. The summed E-state index contributed by atoms with van der Waals surface area (Å²) in [4.78, 5) is 15.1. The third-order valence-corrected chi connectivity index (χ3v) is 2.63. The number of nitrogen functional groups attached to an aromatic ring is 1. The maximum atomic E-state index is 11.5. The van der Waals surface area contributed by atoms with E-state index in [1.165, 1.54) is 4.68 Å². The zero-order valence-electron chi connectivity index (χ0n) is 8.33. The van der Waals surface area contributed by atoms with Crippen LogP contribution in [0.1, 0.15) is 6.42 Å². The van der Waals surface area contributed by atoms with Gasteiger partial charge in [0.25, 0.3) is 0 Å². The summed E-state index contributed by atoms with van der Waals surface area (Å²) < 4.78 is 1.45. The second-order valence-electron chi connectivity index (χ2n) is 3.73. The first kappa shape index (κ1) is 9.97. The Labute approximate surface area is 86.9 Å². The zero-order chi connectivity index (χ0) is 10.8. The lowest BCUT2D eigenvalue weighted by atomic mass is 10.1. The van der Waals surface area contributed by atoms with E-state index in [-0.39, 0.29) is 24.0 Å². The molecular weight excluding hydrogens is 196 g/mol. The van der Waals surface area contributed by atoms with E-state index in [9.17, 15) is 4.79 Å². The molecule has 2 heterocycles. The third kappa shape index (κ3) is 1.94. The van der Waals surface area contributed by atoms with Gasteiger partial charge in [-0.1, -0.05) is 0 Å². The number of aliphatic hydroxyl groups excluding tert-OH is 1. The number of hydrogen-bond donors (Lipinski definition) is 2. The molecule has 0 aliphatic carbocycles. The smallest absolute Gasteiger partial charge is 0.368 e. The Bertz CT molecular complexity index is 403. The second kappa shape index (κ2) is 3.90. The van der Waals surface area contributed by atoms with Crippen LogP contribution in [0.15, 0.2) is 17.1 Å². The molecule has 1 aromatic rings. The summed E-state index contributed by atoms with van der Waals surface area (Å²) in [6.07, 6.45) is 2.51. The number of hydrogen-bond acceptors (Lipinski definition) is 5. The number of nitrogens with zero attached hydrogens (tertiary/aromatic N) is 3. The fraction of sp³-hybridized carbons (Fsp3) is 0.556. The molecular formula is C9H14N4O2. The number of aliphatic hydroxyl groups is 1. The predicted molar refractivity (Wildman–Crippen MR) is 56.1 cm³/mol. The molecule has 1 atom stereocenters. The first-order valence-electron chi connectivity index (χ1n) is 4.92. The van der Waals surface area contributed by atoms with E-state index < -0.39 is 0 Å². The zero-order valence-corrected chi connectivity index (χ0v) is 8.33. The lowest BCUT2D eigenvalue weighted by molar-refractivity contribution is 0.237. The van der Waals surface area contributed by atoms with E-state index in [2.05, 4.69) is 4.98 Å². The molecule has 1 fully saturated rings. The van der Waals surface area contributed by atoms with Crippen LogP contribution in [0.2, 0.25) is 0 Å². The molecule has 0 amide bonds. The van der Waals surface area contributed by atoms with Crippen LogP contribution in [0.3, 0.4) is 0 Å². The maximum absolute atomic E-state index is 11.5. The molecule has 0 spiro atoms. The van der Waals surface area contributed by atoms with Gasteiger partial charge in [-0.3, -0.25) is 0 Å². The lowest BCUT2D eigenvalue weighted by Crippen LogP contribution is -2.41. The Morgan fingerprint density at radius 3 is 3.07 bits per heavy atom. The van der Waals surface area contributed by atoms with E-state index in [1.54, 1.807) is 12.3 Å². The van der Waals surface area contributed by atoms with E-state index >= 15 is 0 Å². The molecule has 82 valence electrons. The van der Waals surface area contributed by atoms with E-state index in [0.29, 0.717) is 6.54 Å². The fourth-order valence-corrected chi connectivity index (χ4v) is 1.78. The van der Waals surface area contributed by atoms with Gasteiger partial charge in [-0.05, 0) is 12.5 Å². The van der Waals surface area contributed by atoms with Gasteiger partial charge >= 0.3 is 5.69 Å². The average molecular weight is 210 g/mol. The summed E-state index contributed by atoms with van der Waals surface area (Å²) in [5, 5.41) is 10.9. The number of aromatic nitrogens is 2. The monoisotopic (exact) mass is 210 g/mol. The number of rotatable bonds is 2. The van der Waals surface area contributed by atoms with Gasteiger partial charge in [0.15, 0.2) is 0 Å². The lowest BCUT2D eigenvalue weighted by Gasteiger charge is -2.19. The highest BCUT2D eigenvalue weighted by Crippen LogP contribution is 2.13. The quantitative estimate of drug-likeness (QED) is 0.639. The van der Waals surface area contributed by atoms with Crippen molar-refractivity contribution in [1.82, 2.24) is 9.66 Å². The van der Waals surface area contributed by atoms with E-state index in [4.69, 9.17) is 10.8 Å². The molecule has 1 unspecified atom stereocenters. The highest BCUT2D eigenvalue weighted by Gasteiger charge is 2.22. The van der Waals surface area contributed by atoms with Crippen molar-refractivity contribution in [3.63, 3.8) is 0 Å². The van der Waals surface area contributed by atoms with Crippen LogP contribution in [0.5, 0.6) is 0 Å². The maximum Gasteiger partial charge on any atom is 0.368 e. The second-order valence-corrected chi connectivity index (χ2v) is 3.73. The SMILES string of the molecule is Nc1ccn(N2CCC(CO)C2)c(=O)n1. The van der Waals surface area contributed by atoms with Crippen LogP contribution in [0, 0.1) is 5.92 Å². The van der Waals surface area contributed by atoms with Crippen molar-refractivity contribution in [3.8, 4) is 0 Å². The molecule has 6 heteroatoms. The predicted octanol–water partition coefficient (Wildman–Crippen LogP) is -1.22. The molecule has 15 heavy (non-hydrogen) atoms. The van der Waals surface area contributed by atoms with Crippen molar-refractivity contribution in [1.29, 1.82) is 0 Å². The van der Waals surface area contributed by atoms with Gasteiger partial charge in [0.2, 0.25) is 0 Å². The van der Waals surface area contributed by atoms with Crippen molar-refractivity contribution in [3.05, 3.63) is 22.7 Å². The first-order valence-corrected chi connectivity index (χ1v) is 4.92.